The van der Waals surface area contributed by atoms with Crippen LogP contribution in [-0.2, 0) is 16.0 Å². The average Bonchev–Trinajstić information content (AvgIpc) is 2.99. The molecule has 1 aromatic carbocycles. The number of nitrogens with one attached hydrogen (secondary N) is 1. The molecular weight excluding hydrogens is 316 g/mol. The molecule has 1 aliphatic carbocycles. The molecule has 5 heteroatoms. The van der Waals surface area contributed by atoms with Gasteiger partial charge < -0.3 is 10.4 Å². The largest absolute Gasteiger partial charge is 0.480 e. The van der Waals surface area contributed by atoms with Crippen LogP contribution in [0.15, 0.2) is 30.3 Å². The standard InChI is InChI=1S/C20H28N2O3/c23-19(21-12-6-9-15-7-2-1-3-8-15)14-22-17-11-5-4-10-16(17)13-18(22)20(24)25/h1-3,7-8,16-18H,4-6,9-14H2,(H,21,23)(H,24,25)/t16-,17-,18-/m0/s1. The van der Waals surface area contributed by atoms with Crippen LogP contribution in [0.4, 0.5) is 0 Å². The second-order valence-electron chi connectivity index (χ2n) is 7.31. The molecule has 2 N–H and O–H groups in total. The van der Waals surface area contributed by atoms with Crippen molar-refractivity contribution in [2.75, 3.05) is 13.1 Å². The van der Waals surface area contributed by atoms with Crippen LogP contribution in [0.2, 0.25) is 0 Å². The average molecular weight is 344 g/mol. The first kappa shape index (κ1) is 17.9. The van der Waals surface area contributed by atoms with Gasteiger partial charge >= 0.3 is 5.97 Å². The van der Waals surface area contributed by atoms with Crippen molar-refractivity contribution in [2.24, 2.45) is 5.92 Å². The van der Waals surface area contributed by atoms with Crippen molar-refractivity contribution >= 4 is 11.9 Å². The van der Waals surface area contributed by atoms with Crippen LogP contribution >= 0.6 is 0 Å². The fourth-order valence-electron chi connectivity index (χ4n) is 4.41. The molecule has 0 unspecified atom stereocenters. The van der Waals surface area contributed by atoms with Crippen LogP contribution in [-0.4, -0.2) is 47.1 Å². The molecule has 0 bridgehead atoms. The van der Waals surface area contributed by atoms with Crippen molar-refractivity contribution in [3.8, 4) is 0 Å². The SMILES string of the molecule is O=C(CN1[C@H](C(=O)O)C[C@@H]2CCCC[C@@H]21)NCCCc1ccccc1. The van der Waals surface area contributed by atoms with Crippen molar-refractivity contribution in [1.29, 1.82) is 0 Å². The summed E-state index contributed by atoms with van der Waals surface area (Å²) in [5, 5.41) is 12.5. The van der Waals surface area contributed by atoms with Crippen LogP contribution in [0.3, 0.4) is 0 Å². The fraction of sp³-hybridized carbons (Fsp3) is 0.600. The van der Waals surface area contributed by atoms with Gasteiger partial charge in [-0.25, -0.2) is 0 Å². The highest BCUT2D eigenvalue weighted by Gasteiger charge is 2.45. The van der Waals surface area contributed by atoms with Gasteiger partial charge in [-0.05, 0) is 43.6 Å². The van der Waals surface area contributed by atoms with Gasteiger partial charge in [0, 0.05) is 12.6 Å². The van der Waals surface area contributed by atoms with E-state index >= 15 is 0 Å². The summed E-state index contributed by atoms with van der Waals surface area (Å²) >= 11 is 0. The maximum atomic E-state index is 12.3. The molecule has 136 valence electrons. The minimum absolute atomic E-state index is 0.0504. The maximum Gasteiger partial charge on any atom is 0.320 e. The van der Waals surface area contributed by atoms with Crippen molar-refractivity contribution in [1.82, 2.24) is 10.2 Å². The predicted octanol–water partition coefficient (Wildman–Crippen LogP) is 2.45. The van der Waals surface area contributed by atoms with E-state index in [0.717, 1.165) is 32.1 Å². The third-order valence-electron chi connectivity index (χ3n) is 5.64. The number of benzene rings is 1. The first-order valence-corrected chi connectivity index (χ1v) is 9.44. The van der Waals surface area contributed by atoms with Gasteiger partial charge in [0.2, 0.25) is 5.91 Å². The summed E-state index contributed by atoms with van der Waals surface area (Å²) < 4.78 is 0. The number of aryl methyl sites for hydroxylation is 1. The molecule has 1 aliphatic heterocycles. The molecule has 1 amide bonds. The van der Waals surface area contributed by atoms with Crippen LogP contribution in [0.5, 0.6) is 0 Å². The minimum Gasteiger partial charge on any atom is -0.480 e. The summed E-state index contributed by atoms with van der Waals surface area (Å²) in [4.78, 5) is 25.8. The number of carbonyl (C=O) groups excluding carboxylic acids is 1. The van der Waals surface area contributed by atoms with E-state index in [0.29, 0.717) is 18.9 Å². The molecule has 3 rings (SSSR count). The summed E-state index contributed by atoms with van der Waals surface area (Å²) in [6, 6.07) is 9.99. The highest BCUT2D eigenvalue weighted by atomic mass is 16.4. The number of aliphatic carboxylic acids is 1. The summed E-state index contributed by atoms with van der Waals surface area (Å²) in [6.07, 6.45) is 6.98. The zero-order valence-corrected chi connectivity index (χ0v) is 14.7. The summed E-state index contributed by atoms with van der Waals surface area (Å²) in [7, 11) is 0. The molecule has 2 aliphatic rings. The number of carboxylic acid groups (broad SMARTS) is 1. The van der Waals surface area contributed by atoms with Crippen LogP contribution in [0, 0.1) is 5.92 Å². The number of hydrogen-bond donors (Lipinski definition) is 2. The molecule has 3 atom stereocenters. The van der Waals surface area contributed by atoms with Gasteiger partial charge in [0.25, 0.3) is 0 Å². The van der Waals surface area contributed by atoms with Gasteiger partial charge in [0.15, 0.2) is 0 Å². The van der Waals surface area contributed by atoms with Gasteiger partial charge in [-0.2, -0.15) is 0 Å². The Morgan fingerprint density at radius 3 is 2.68 bits per heavy atom. The second-order valence-corrected chi connectivity index (χ2v) is 7.31. The lowest BCUT2D eigenvalue weighted by molar-refractivity contribution is -0.143. The second kappa shape index (κ2) is 8.48. The van der Waals surface area contributed by atoms with Crippen molar-refractivity contribution in [3.05, 3.63) is 35.9 Å². The van der Waals surface area contributed by atoms with Crippen molar-refractivity contribution in [3.63, 3.8) is 0 Å². The molecule has 1 aromatic rings. The normalized spacial score (nSPS) is 26.2. The van der Waals surface area contributed by atoms with Gasteiger partial charge in [-0.15, -0.1) is 0 Å². The van der Waals surface area contributed by atoms with E-state index in [2.05, 4.69) is 17.4 Å². The molecule has 1 saturated heterocycles. The van der Waals surface area contributed by atoms with Crippen LogP contribution in [0.1, 0.15) is 44.1 Å². The van der Waals surface area contributed by atoms with E-state index in [1.165, 1.54) is 12.0 Å². The van der Waals surface area contributed by atoms with Crippen molar-refractivity contribution in [2.45, 2.75) is 57.0 Å². The molecular formula is C20H28N2O3. The third kappa shape index (κ3) is 4.60. The predicted molar refractivity (Wildman–Crippen MR) is 96.3 cm³/mol. The van der Waals surface area contributed by atoms with E-state index in [1.807, 2.05) is 23.1 Å². The first-order valence-electron chi connectivity index (χ1n) is 9.44. The molecule has 1 heterocycles. The molecule has 2 fully saturated rings. The number of amides is 1. The number of rotatable bonds is 7. The first-order chi connectivity index (χ1) is 12.1. The lowest BCUT2D eigenvalue weighted by Gasteiger charge is -2.32. The monoisotopic (exact) mass is 344 g/mol. The van der Waals surface area contributed by atoms with Gasteiger partial charge in [0.1, 0.15) is 6.04 Å². The smallest absolute Gasteiger partial charge is 0.320 e. The van der Waals surface area contributed by atoms with Gasteiger partial charge in [0.05, 0.1) is 6.54 Å². The van der Waals surface area contributed by atoms with E-state index < -0.39 is 12.0 Å². The highest BCUT2D eigenvalue weighted by molar-refractivity contribution is 5.80. The maximum absolute atomic E-state index is 12.3. The van der Waals surface area contributed by atoms with Crippen molar-refractivity contribution < 1.29 is 14.7 Å². The van der Waals surface area contributed by atoms with Crippen LogP contribution < -0.4 is 5.32 Å². The Hall–Kier alpha value is -1.88. The summed E-state index contributed by atoms with van der Waals surface area (Å²) in [5.41, 5.74) is 1.27. The minimum atomic E-state index is -0.786. The van der Waals surface area contributed by atoms with Gasteiger partial charge in [-0.1, -0.05) is 43.2 Å². The molecule has 1 saturated carbocycles. The Morgan fingerprint density at radius 2 is 1.92 bits per heavy atom. The summed E-state index contributed by atoms with van der Waals surface area (Å²) in [6.45, 7) is 0.844. The third-order valence-corrected chi connectivity index (χ3v) is 5.64. The number of nitrogens with zero attached hydrogens (tertiary/aromatic N) is 1. The molecule has 0 spiro atoms. The molecule has 25 heavy (non-hydrogen) atoms. The van der Waals surface area contributed by atoms with E-state index in [-0.39, 0.29) is 18.5 Å². The number of hydrogen-bond acceptors (Lipinski definition) is 3. The Bertz CT molecular complexity index is 590. The molecule has 0 radical (unpaired) electrons. The van der Waals surface area contributed by atoms with Gasteiger partial charge in [-0.3, -0.25) is 14.5 Å². The topological polar surface area (TPSA) is 69.6 Å². The quantitative estimate of drug-likeness (QED) is 0.746. The Labute approximate surface area is 149 Å². The van der Waals surface area contributed by atoms with E-state index in [1.54, 1.807) is 0 Å². The van der Waals surface area contributed by atoms with E-state index in [9.17, 15) is 14.7 Å². The molecule has 0 aromatic heterocycles. The number of carbonyl (C=O) groups is 2. The number of carboxylic acids is 1. The highest BCUT2D eigenvalue weighted by Crippen LogP contribution is 2.39. The van der Waals surface area contributed by atoms with Crippen LogP contribution in [0.25, 0.3) is 0 Å². The Kier molecular flexibility index (Phi) is 6.08. The number of likely N-dealkylation sites (tertiary alicyclic amines) is 1. The lowest BCUT2D eigenvalue weighted by atomic mass is 9.85. The number of fused-ring (bicyclic) bond motifs is 1. The Morgan fingerprint density at radius 1 is 1.16 bits per heavy atom. The van der Waals surface area contributed by atoms with E-state index in [4.69, 9.17) is 0 Å². The summed E-state index contributed by atoms with van der Waals surface area (Å²) in [5.74, 6) is -0.391. The fourth-order valence-corrected chi connectivity index (χ4v) is 4.41. The Balaban J connectivity index is 1.46. The zero-order chi connectivity index (χ0) is 17.6. The lowest BCUT2D eigenvalue weighted by Crippen LogP contribution is -2.47. The molecule has 5 nitrogen and oxygen atoms in total. The zero-order valence-electron chi connectivity index (χ0n) is 14.7.